The summed E-state index contributed by atoms with van der Waals surface area (Å²) in [6.07, 6.45) is 0. The van der Waals surface area contributed by atoms with E-state index in [-0.39, 0.29) is 11.5 Å². The minimum atomic E-state index is -0.503. The first-order chi connectivity index (χ1) is 11.6. The summed E-state index contributed by atoms with van der Waals surface area (Å²) >= 11 is 6.00. The Kier molecular flexibility index (Phi) is 4.32. The molecular formula is C18H13ClN4O. The Morgan fingerprint density at radius 3 is 2.62 bits per heavy atom. The van der Waals surface area contributed by atoms with Gasteiger partial charge in [-0.15, -0.1) is 0 Å². The van der Waals surface area contributed by atoms with Crippen molar-refractivity contribution in [1.82, 2.24) is 9.97 Å². The Hall–Kier alpha value is -3.10. The van der Waals surface area contributed by atoms with Crippen molar-refractivity contribution in [2.75, 3.05) is 5.32 Å². The molecule has 2 aromatic carbocycles. The van der Waals surface area contributed by atoms with Crippen molar-refractivity contribution in [3.8, 4) is 17.3 Å². The number of aryl methyl sites for hydroxylation is 1. The molecule has 3 rings (SSSR count). The maximum atomic E-state index is 12.2. The third-order valence-electron chi connectivity index (χ3n) is 3.44. The molecule has 0 bridgehead atoms. The van der Waals surface area contributed by atoms with Gasteiger partial charge in [0.2, 0.25) is 5.95 Å². The van der Waals surface area contributed by atoms with Crippen molar-refractivity contribution in [2.24, 2.45) is 0 Å². The normalized spacial score (nSPS) is 10.2. The van der Waals surface area contributed by atoms with Crippen molar-refractivity contribution in [2.45, 2.75) is 6.92 Å². The van der Waals surface area contributed by atoms with Crippen LogP contribution >= 0.6 is 11.6 Å². The largest absolute Gasteiger partial charge is 0.326 e. The first-order valence-electron chi connectivity index (χ1n) is 7.21. The zero-order chi connectivity index (χ0) is 17.1. The van der Waals surface area contributed by atoms with Crippen molar-refractivity contribution < 1.29 is 0 Å². The molecule has 24 heavy (non-hydrogen) atoms. The standard InChI is InChI=1S/C18H13ClN4O/c1-11-5-7-14(8-6-11)21-18-22-16(15(10-20)17(24)23-18)12-3-2-4-13(19)9-12/h2-9H,1H3,(H2,21,22,23,24). The van der Waals surface area contributed by atoms with Crippen LogP contribution in [-0.4, -0.2) is 9.97 Å². The van der Waals surface area contributed by atoms with E-state index in [0.717, 1.165) is 11.3 Å². The lowest BCUT2D eigenvalue weighted by Crippen LogP contribution is -2.16. The number of nitrogens with one attached hydrogen (secondary N) is 2. The number of rotatable bonds is 3. The number of anilines is 2. The number of nitriles is 1. The lowest BCUT2D eigenvalue weighted by atomic mass is 10.1. The molecule has 0 fully saturated rings. The zero-order valence-corrected chi connectivity index (χ0v) is 13.6. The lowest BCUT2D eigenvalue weighted by molar-refractivity contribution is 1.11. The number of hydrogen-bond acceptors (Lipinski definition) is 4. The van der Waals surface area contributed by atoms with Crippen LogP contribution in [0.3, 0.4) is 0 Å². The highest BCUT2D eigenvalue weighted by atomic mass is 35.5. The molecule has 0 radical (unpaired) electrons. The van der Waals surface area contributed by atoms with Gasteiger partial charge in [0.15, 0.2) is 0 Å². The summed E-state index contributed by atoms with van der Waals surface area (Å²) < 4.78 is 0. The number of H-pyrrole nitrogens is 1. The summed E-state index contributed by atoms with van der Waals surface area (Å²) in [5.41, 5.74) is 2.26. The Morgan fingerprint density at radius 1 is 1.21 bits per heavy atom. The summed E-state index contributed by atoms with van der Waals surface area (Å²) in [6.45, 7) is 1.99. The molecule has 1 heterocycles. The average Bonchev–Trinajstić information content (AvgIpc) is 2.56. The first kappa shape index (κ1) is 15.8. The second-order valence-electron chi connectivity index (χ2n) is 5.25. The number of nitrogens with zero attached hydrogens (tertiary/aromatic N) is 2. The molecule has 0 unspecified atom stereocenters. The van der Waals surface area contributed by atoms with Crippen LogP contribution in [0.25, 0.3) is 11.3 Å². The topological polar surface area (TPSA) is 81.6 Å². The van der Waals surface area contributed by atoms with E-state index in [1.807, 2.05) is 37.3 Å². The number of halogens is 1. The van der Waals surface area contributed by atoms with Gasteiger partial charge in [0, 0.05) is 16.3 Å². The zero-order valence-electron chi connectivity index (χ0n) is 12.8. The molecule has 118 valence electrons. The van der Waals surface area contributed by atoms with Crippen molar-refractivity contribution in [3.63, 3.8) is 0 Å². The van der Waals surface area contributed by atoms with E-state index >= 15 is 0 Å². The highest BCUT2D eigenvalue weighted by molar-refractivity contribution is 6.30. The number of benzene rings is 2. The third-order valence-corrected chi connectivity index (χ3v) is 3.68. The smallest absolute Gasteiger partial charge is 0.270 e. The van der Waals surface area contributed by atoms with Gasteiger partial charge in [0.25, 0.3) is 5.56 Å². The summed E-state index contributed by atoms with van der Waals surface area (Å²) in [5.74, 6) is 0.262. The summed E-state index contributed by atoms with van der Waals surface area (Å²) in [4.78, 5) is 19.2. The van der Waals surface area contributed by atoms with Gasteiger partial charge in [0.1, 0.15) is 11.6 Å². The Balaban J connectivity index is 2.08. The van der Waals surface area contributed by atoms with Crippen LogP contribution in [0, 0.1) is 18.3 Å². The van der Waals surface area contributed by atoms with Crippen LogP contribution in [0.2, 0.25) is 5.02 Å². The Bertz CT molecular complexity index is 987. The van der Waals surface area contributed by atoms with Gasteiger partial charge in [-0.2, -0.15) is 5.26 Å². The van der Waals surface area contributed by atoms with Crippen LogP contribution in [0.5, 0.6) is 0 Å². The van der Waals surface area contributed by atoms with E-state index in [9.17, 15) is 10.1 Å². The fraction of sp³-hybridized carbons (Fsp3) is 0.0556. The van der Waals surface area contributed by atoms with Crippen LogP contribution in [0.15, 0.2) is 53.3 Å². The van der Waals surface area contributed by atoms with Gasteiger partial charge < -0.3 is 5.32 Å². The van der Waals surface area contributed by atoms with Gasteiger partial charge in [-0.3, -0.25) is 9.78 Å². The number of hydrogen-bond donors (Lipinski definition) is 2. The fourth-order valence-corrected chi connectivity index (χ4v) is 2.44. The minimum absolute atomic E-state index is 0.0493. The van der Waals surface area contributed by atoms with Crippen molar-refractivity contribution >= 4 is 23.2 Å². The predicted octanol–water partition coefficient (Wildman–Crippen LogP) is 4.01. The van der Waals surface area contributed by atoms with Gasteiger partial charge >= 0.3 is 0 Å². The molecule has 0 saturated carbocycles. The molecule has 1 aromatic heterocycles. The summed E-state index contributed by atoms with van der Waals surface area (Å²) in [6, 6.07) is 16.4. The highest BCUT2D eigenvalue weighted by Crippen LogP contribution is 2.24. The van der Waals surface area contributed by atoms with E-state index < -0.39 is 5.56 Å². The predicted molar refractivity (Wildman–Crippen MR) is 94.5 cm³/mol. The SMILES string of the molecule is Cc1ccc(Nc2nc(-c3cccc(Cl)c3)c(C#N)c(=O)[nH]2)cc1. The lowest BCUT2D eigenvalue weighted by Gasteiger charge is -2.09. The molecule has 0 atom stereocenters. The van der Waals surface area contributed by atoms with Crippen LogP contribution < -0.4 is 10.9 Å². The molecule has 6 heteroatoms. The highest BCUT2D eigenvalue weighted by Gasteiger charge is 2.13. The van der Waals surface area contributed by atoms with Crippen LogP contribution in [0.1, 0.15) is 11.1 Å². The maximum absolute atomic E-state index is 12.2. The van der Waals surface area contributed by atoms with E-state index in [1.165, 1.54) is 0 Å². The van der Waals surface area contributed by atoms with Gasteiger partial charge in [0.05, 0.1) is 5.69 Å². The molecule has 0 saturated heterocycles. The molecule has 0 spiro atoms. The Morgan fingerprint density at radius 2 is 1.96 bits per heavy atom. The average molecular weight is 337 g/mol. The minimum Gasteiger partial charge on any atom is -0.326 e. The van der Waals surface area contributed by atoms with E-state index in [4.69, 9.17) is 11.6 Å². The summed E-state index contributed by atoms with van der Waals surface area (Å²) in [5, 5.41) is 12.8. The fourth-order valence-electron chi connectivity index (χ4n) is 2.25. The van der Waals surface area contributed by atoms with Gasteiger partial charge in [-0.1, -0.05) is 41.4 Å². The van der Waals surface area contributed by atoms with Gasteiger partial charge in [-0.05, 0) is 31.2 Å². The van der Waals surface area contributed by atoms with E-state index in [1.54, 1.807) is 24.3 Å². The molecule has 0 aliphatic carbocycles. The van der Waals surface area contributed by atoms with Gasteiger partial charge in [-0.25, -0.2) is 4.98 Å². The molecule has 2 N–H and O–H groups in total. The number of aromatic nitrogens is 2. The second kappa shape index (κ2) is 6.57. The maximum Gasteiger partial charge on any atom is 0.270 e. The van der Waals surface area contributed by atoms with Crippen LogP contribution in [0.4, 0.5) is 11.6 Å². The van der Waals surface area contributed by atoms with Crippen molar-refractivity contribution in [1.29, 1.82) is 5.26 Å². The molecular weight excluding hydrogens is 324 g/mol. The molecule has 3 aromatic rings. The van der Waals surface area contributed by atoms with Crippen molar-refractivity contribution in [3.05, 3.63) is 75.0 Å². The molecule has 0 aliphatic rings. The third kappa shape index (κ3) is 3.29. The number of aromatic amines is 1. The monoisotopic (exact) mass is 336 g/mol. The summed E-state index contributed by atoms with van der Waals surface area (Å²) in [7, 11) is 0. The van der Waals surface area contributed by atoms with E-state index in [2.05, 4.69) is 15.3 Å². The quantitative estimate of drug-likeness (QED) is 0.757. The van der Waals surface area contributed by atoms with E-state index in [0.29, 0.717) is 16.3 Å². The Labute approximate surface area is 143 Å². The van der Waals surface area contributed by atoms with Crippen LogP contribution in [-0.2, 0) is 0 Å². The first-order valence-corrected chi connectivity index (χ1v) is 7.58. The second-order valence-corrected chi connectivity index (χ2v) is 5.69. The molecule has 5 nitrogen and oxygen atoms in total. The molecule has 0 amide bonds. The molecule has 0 aliphatic heterocycles.